The summed E-state index contributed by atoms with van der Waals surface area (Å²) in [7, 11) is 0. The van der Waals surface area contributed by atoms with E-state index in [0.29, 0.717) is 24.2 Å². The van der Waals surface area contributed by atoms with Gasteiger partial charge in [-0.05, 0) is 55.2 Å². The summed E-state index contributed by atoms with van der Waals surface area (Å²) in [5.41, 5.74) is 2.32. The molecule has 1 amide bonds. The molecule has 142 valence electrons. The predicted octanol–water partition coefficient (Wildman–Crippen LogP) is 3.57. The second-order valence-corrected chi connectivity index (χ2v) is 5.90. The minimum Gasteiger partial charge on any atom is -0.334 e. The molecule has 0 aliphatic carbocycles. The number of pyridine rings is 3. The maximum atomic E-state index is 13.3. The Morgan fingerprint density at radius 3 is 2.86 bits per heavy atom. The molecule has 28 heavy (non-hydrogen) atoms. The standard InChI is InChI=1S/C20H18FN5O2/c1-14-8-11-22-13-16(14)19(27)26-18-7-6-15(12-24-18)4-2-10-25-28-20-17(21)5-3-9-23-20/h3,5-13H,2,4H2,1H3,(H,24,26,27)/b25-10+. The number of anilines is 1. The summed E-state index contributed by atoms with van der Waals surface area (Å²) in [6.07, 6.45) is 9.05. The van der Waals surface area contributed by atoms with E-state index in [0.717, 1.165) is 11.1 Å². The van der Waals surface area contributed by atoms with Crippen molar-refractivity contribution < 1.29 is 14.0 Å². The quantitative estimate of drug-likeness (QED) is 0.501. The van der Waals surface area contributed by atoms with Gasteiger partial charge in [-0.2, -0.15) is 0 Å². The Morgan fingerprint density at radius 2 is 2.11 bits per heavy atom. The average Bonchev–Trinajstić information content (AvgIpc) is 2.70. The number of oxime groups is 1. The summed E-state index contributed by atoms with van der Waals surface area (Å²) in [5.74, 6) is -0.524. The zero-order chi connectivity index (χ0) is 19.8. The van der Waals surface area contributed by atoms with Gasteiger partial charge in [0.25, 0.3) is 11.8 Å². The third-order valence-electron chi connectivity index (χ3n) is 3.85. The van der Waals surface area contributed by atoms with Crippen LogP contribution in [0.25, 0.3) is 0 Å². The van der Waals surface area contributed by atoms with Crippen LogP contribution in [0.4, 0.5) is 10.2 Å². The van der Waals surface area contributed by atoms with Crippen LogP contribution in [0.5, 0.6) is 5.88 Å². The smallest absolute Gasteiger partial charge is 0.284 e. The van der Waals surface area contributed by atoms with Crippen LogP contribution in [0.1, 0.15) is 27.9 Å². The van der Waals surface area contributed by atoms with Gasteiger partial charge in [0.15, 0.2) is 5.82 Å². The number of nitrogens with one attached hydrogen (secondary N) is 1. The molecule has 3 aromatic rings. The first-order valence-corrected chi connectivity index (χ1v) is 8.60. The number of aryl methyl sites for hydroxylation is 2. The fraction of sp³-hybridized carbons (Fsp3) is 0.150. The molecule has 0 atom stereocenters. The van der Waals surface area contributed by atoms with Crippen LogP contribution < -0.4 is 10.2 Å². The van der Waals surface area contributed by atoms with E-state index in [1.165, 1.54) is 30.7 Å². The first-order chi connectivity index (χ1) is 13.6. The number of carbonyl (C=O) groups is 1. The summed E-state index contributed by atoms with van der Waals surface area (Å²) >= 11 is 0. The molecule has 8 heteroatoms. The largest absolute Gasteiger partial charge is 0.334 e. The lowest BCUT2D eigenvalue weighted by molar-refractivity contribution is 0.102. The van der Waals surface area contributed by atoms with Crippen LogP contribution in [0.3, 0.4) is 0 Å². The molecule has 0 radical (unpaired) electrons. The van der Waals surface area contributed by atoms with Crippen molar-refractivity contribution in [1.29, 1.82) is 0 Å². The Labute approximate surface area is 161 Å². The summed E-state index contributed by atoms with van der Waals surface area (Å²) < 4.78 is 13.3. The van der Waals surface area contributed by atoms with E-state index in [4.69, 9.17) is 4.84 Å². The van der Waals surface area contributed by atoms with Crippen molar-refractivity contribution >= 4 is 17.9 Å². The van der Waals surface area contributed by atoms with Crippen molar-refractivity contribution in [3.8, 4) is 5.88 Å². The maximum Gasteiger partial charge on any atom is 0.284 e. The van der Waals surface area contributed by atoms with E-state index in [9.17, 15) is 9.18 Å². The van der Waals surface area contributed by atoms with Gasteiger partial charge in [-0.3, -0.25) is 9.78 Å². The van der Waals surface area contributed by atoms with Crippen molar-refractivity contribution in [3.63, 3.8) is 0 Å². The summed E-state index contributed by atoms with van der Waals surface area (Å²) in [6.45, 7) is 1.85. The molecular weight excluding hydrogens is 361 g/mol. The molecule has 3 heterocycles. The SMILES string of the molecule is Cc1ccncc1C(=O)Nc1ccc(CC/C=N/Oc2ncccc2F)cn1. The van der Waals surface area contributed by atoms with Crippen molar-refractivity contribution in [2.45, 2.75) is 19.8 Å². The van der Waals surface area contributed by atoms with Gasteiger partial charge < -0.3 is 10.2 Å². The molecule has 0 saturated carbocycles. The summed E-state index contributed by atoms with van der Waals surface area (Å²) in [4.78, 5) is 29.1. The van der Waals surface area contributed by atoms with E-state index in [-0.39, 0.29) is 11.8 Å². The number of hydrogen-bond donors (Lipinski definition) is 1. The molecule has 3 rings (SSSR count). The van der Waals surface area contributed by atoms with Crippen LogP contribution in [0.15, 0.2) is 60.3 Å². The third-order valence-corrected chi connectivity index (χ3v) is 3.85. The molecule has 3 aromatic heterocycles. The molecule has 0 aliphatic heterocycles. The molecule has 0 aromatic carbocycles. The third kappa shape index (κ3) is 5.16. The zero-order valence-corrected chi connectivity index (χ0v) is 15.2. The Bertz CT molecular complexity index is 976. The Balaban J connectivity index is 1.48. The van der Waals surface area contributed by atoms with Crippen LogP contribution in [0, 0.1) is 12.7 Å². The monoisotopic (exact) mass is 379 g/mol. The molecule has 0 fully saturated rings. The second-order valence-electron chi connectivity index (χ2n) is 5.90. The highest BCUT2D eigenvalue weighted by Gasteiger charge is 2.09. The summed E-state index contributed by atoms with van der Waals surface area (Å²) in [5, 5.41) is 6.45. The minimum absolute atomic E-state index is 0.163. The van der Waals surface area contributed by atoms with Gasteiger partial charge in [-0.1, -0.05) is 11.2 Å². The van der Waals surface area contributed by atoms with E-state index in [1.807, 2.05) is 13.0 Å². The zero-order valence-electron chi connectivity index (χ0n) is 15.2. The van der Waals surface area contributed by atoms with Crippen LogP contribution in [-0.4, -0.2) is 27.1 Å². The molecular formula is C20H18FN5O2. The lowest BCUT2D eigenvalue weighted by Gasteiger charge is -2.07. The molecule has 7 nitrogen and oxygen atoms in total. The molecule has 0 saturated heterocycles. The van der Waals surface area contributed by atoms with Crippen molar-refractivity contribution in [2.24, 2.45) is 5.16 Å². The van der Waals surface area contributed by atoms with Gasteiger partial charge in [-0.25, -0.2) is 14.4 Å². The van der Waals surface area contributed by atoms with Crippen molar-refractivity contribution in [1.82, 2.24) is 15.0 Å². The average molecular weight is 379 g/mol. The second kappa shape index (κ2) is 9.31. The van der Waals surface area contributed by atoms with Gasteiger partial charge in [-0.15, -0.1) is 0 Å². The fourth-order valence-electron chi connectivity index (χ4n) is 2.34. The van der Waals surface area contributed by atoms with Gasteiger partial charge in [0.1, 0.15) is 5.82 Å². The first-order valence-electron chi connectivity index (χ1n) is 8.60. The lowest BCUT2D eigenvalue weighted by Crippen LogP contribution is -2.14. The maximum absolute atomic E-state index is 13.3. The van der Waals surface area contributed by atoms with Gasteiger partial charge >= 0.3 is 0 Å². The Hall–Kier alpha value is -3.68. The Morgan fingerprint density at radius 1 is 1.21 bits per heavy atom. The molecule has 0 unspecified atom stereocenters. The number of amides is 1. The molecule has 0 spiro atoms. The summed E-state index contributed by atoms with van der Waals surface area (Å²) in [6, 6.07) is 8.10. The van der Waals surface area contributed by atoms with E-state index in [1.54, 1.807) is 24.5 Å². The minimum atomic E-state index is -0.567. The van der Waals surface area contributed by atoms with Crippen molar-refractivity contribution in [2.75, 3.05) is 5.32 Å². The lowest BCUT2D eigenvalue weighted by atomic mass is 10.1. The highest BCUT2D eigenvalue weighted by atomic mass is 19.1. The van der Waals surface area contributed by atoms with Gasteiger partial charge in [0, 0.05) is 31.0 Å². The number of halogens is 1. The number of aromatic nitrogens is 3. The van der Waals surface area contributed by atoms with E-state index >= 15 is 0 Å². The predicted molar refractivity (Wildman–Crippen MR) is 103 cm³/mol. The molecule has 1 N–H and O–H groups in total. The topological polar surface area (TPSA) is 89.4 Å². The molecule has 0 aliphatic rings. The van der Waals surface area contributed by atoms with Gasteiger partial charge in [0.05, 0.1) is 5.56 Å². The van der Waals surface area contributed by atoms with Crippen LogP contribution in [0.2, 0.25) is 0 Å². The fourth-order valence-corrected chi connectivity index (χ4v) is 2.34. The highest BCUT2D eigenvalue weighted by Crippen LogP contribution is 2.12. The van der Waals surface area contributed by atoms with E-state index in [2.05, 4.69) is 25.4 Å². The van der Waals surface area contributed by atoms with E-state index < -0.39 is 5.82 Å². The number of hydrogen-bond acceptors (Lipinski definition) is 6. The highest BCUT2D eigenvalue weighted by molar-refractivity contribution is 6.04. The van der Waals surface area contributed by atoms with Crippen molar-refractivity contribution in [3.05, 3.63) is 77.6 Å². The van der Waals surface area contributed by atoms with Crippen LogP contribution >= 0.6 is 0 Å². The Kier molecular flexibility index (Phi) is 6.35. The number of nitrogens with zero attached hydrogens (tertiary/aromatic N) is 4. The molecule has 0 bridgehead atoms. The number of carbonyl (C=O) groups excluding carboxylic acids is 1. The normalized spacial score (nSPS) is 10.8. The van der Waals surface area contributed by atoms with Gasteiger partial charge in [0.2, 0.25) is 0 Å². The first kappa shape index (κ1) is 19.1. The number of rotatable bonds is 7. The van der Waals surface area contributed by atoms with Crippen LogP contribution in [-0.2, 0) is 6.42 Å².